The summed E-state index contributed by atoms with van der Waals surface area (Å²) in [5.74, 6) is 0.801. The molecule has 2 aliphatic heterocycles. The molecule has 7 heteroatoms. The minimum Gasteiger partial charge on any atom is -0.370 e. The first-order valence-electron chi connectivity index (χ1n) is 9.44. The van der Waals surface area contributed by atoms with Crippen LogP contribution in [0.15, 0.2) is 36.7 Å². The predicted octanol–water partition coefficient (Wildman–Crippen LogP) is 2.31. The Hall–Kier alpha value is -3.11. The highest BCUT2D eigenvalue weighted by Crippen LogP contribution is 2.28. The number of hydrogen-bond donors (Lipinski definition) is 1. The summed E-state index contributed by atoms with van der Waals surface area (Å²) in [5, 5.41) is 17.8. The number of anilines is 1. The molecule has 0 saturated carbocycles. The zero-order chi connectivity index (χ0) is 18.2. The summed E-state index contributed by atoms with van der Waals surface area (Å²) < 4.78 is 4.05. The molecule has 1 N–H and O–H groups in total. The van der Waals surface area contributed by atoms with Gasteiger partial charge >= 0.3 is 0 Å². The highest BCUT2D eigenvalue weighted by Gasteiger charge is 2.19. The van der Waals surface area contributed by atoms with Crippen molar-refractivity contribution in [2.75, 3.05) is 24.5 Å². The molecule has 136 valence electrons. The maximum Gasteiger partial charge on any atom is 0.165 e. The van der Waals surface area contributed by atoms with E-state index in [0.717, 1.165) is 55.6 Å². The van der Waals surface area contributed by atoms with Crippen molar-refractivity contribution >= 4 is 5.69 Å². The Kier molecular flexibility index (Phi) is 3.91. The number of nitrogens with one attached hydrogen (secondary N) is 1. The molecule has 1 fully saturated rings. The lowest BCUT2D eigenvalue weighted by molar-refractivity contribution is 0.476. The minimum absolute atomic E-state index is 0.711. The third kappa shape index (κ3) is 2.78. The summed E-state index contributed by atoms with van der Waals surface area (Å²) in [6.07, 6.45) is 6.10. The van der Waals surface area contributed by atoms with Crippen LogP contribution in [-0.2, 0) is 13.1 Å². The Morgan fingerprint density at radius 1 is 1.11 bits per heavy atom. The Labute approximate surface area is 157 Å². The van der Waals surface area contributed by atoms with Crippen LogP contribution in [0, 0.1) is 11.3 Å². The molecule has 0 unspecified atom stereocenters. The summed E-state index contributed by atoms with van der Waals surface area (Å²) in [7, 11) is 0. The quantitative estimate of drug-likeness (QED) is 0.777. The summed E-state index contributed by atoms with van der Waals surface area (Å²) in [6.45, 7) is 4.69. The second kappa shape index (κ2) is 6.56. The van der Waals surface area contributed by atoms with E-state index in [-0.39, 0.29) is 0 Å². The molecule has 0 spiro atoms. The topological polar surface area (TPSA) is 74.7 Å². The van der Waals surface area contributed by atoms with Crippen LogP contribution >= 0.6 is 0 Å². The van der Waals surface area contributed by atoms with Gasteiger partial charge in [0.1, 0.15) is 11.8 Å². The van der Waals surface area contributed by atoms with E-state index in [1.54, 1.807) is 6.20 Å². The second-order valence-corrected chi connectivity index (χ2v) is 7.05. The van der Waals surface area contributed by atoms with E-state index in [1.807, 2.05) is 21.5 Å². The van der Waals surface area contributed by atoms with E-state index < -0.39 is 0 Å². The molecule has 5 rings (SSSR count). The molecule has 0 aliphatic carbocycles. The Morgan fingerprint density at radius 3 is 2.81 bits per heavy atom. The zero-order valence-electron chi connectivity index (χ0n) is 15.1. The molecule has 0 bridgehead atoms. The van der Waals surface area contributed by atoms with Crippen molar-refractivity contribution in [1.82, 2.24) is 24.6 Å². The first-order chi connectivity index (χ1) is 13.3. The van der Waals surface area contributed by atoms with E-state index in [9.17, 15) is 5.26 Å². The predicted molar refractivity (Wildman–Crippen MR) is 103 cm³/mol. The summed E-state index contributed by atoms with van der Waals surface area (Å²) in [5.41, 5.74) is 4.71. The van der Waals surface area contributed by atoms with Gasteiger partial charge < -0.3 is 10.2 Å². The molecule has 7 nitrogen and oxygen atoms in total. The van der Waals surface area contributed by atoms with Crippen LogP contribution in [0.3, 0.4) is 0 Å². The average Bonchev–Trinajstić information content (AvgIpc) is 3.47. The van der Waals surface area contributed by atoms with Gasteiger partial charge in [0, 0.05) is 44.3 Å². The monoisotopic (exact) mass is 359 g/mol. The largest absolute Gasteiger partial charge is 0.370 e. The second-order valence-electron chi connectivity index (χ2n) is 7.05. The molecule has 2 aliphatic rings. The molecule has 27 heavy (non-hydrogen) atoms. The van der Waals surface area contributed by atoms with Crippen molar-refractivity contribution in [3.8, 4) is 23.3 Å². The fourth-order valence-electron chi connectivity index (χ4n) is 4.00. The van der Waals surface area contributed by atoms with Gasteiger partial charge in [-0.3, -0.25) is 9.25 Å². The smallest absolute Gasteiger partial charge is 0.165 e. The van der Waals surface area contributed by atoms with Crippen LogP contribution in [0.25, 0.3) is 17.2 Å². The fourth-order valence-corrected chi connectivity index (χ4v) is 4.00. The Morgan fingerprint density at radius 2 is 2.00 bits per heavy atom. The molecule has 0 atom stereocenters. The van der Waals surface area contributed by atoms with E-state index in [4.69, 9.17) is 5.10 Å². The average molecular weight is 359 g/mol. The van der Waals surface area contributed by atoms with Crippen LogP contribution in [-0.4, -0.2) is 39.0 Å². The van der Waals surface area contributed by atoms with Crippen LogP contribution < -0.4 is 10.2 Å². The van der Waals surface area contributed by atoms with E-state index in [0.29, 0.717) is 5.56 Å². The third-order valence-corrected chi connectivity index (χ3v) is 5.37. The molecule has 0 radical (unpaired) electrons. The lowest BCUT2D eigenvalue weighted by Gasteiger charge is -2.19. The molecule has 1 saturated heterocycles. The summed E-state index contributed by atoms with van der Waals surface area (Å²) in [4.78, 5) is 6.83. The van der Waals surface area contributed by atoms with Crippen LogP contribution in [0.1, 0.15) is 24.1 Å². The fraction of sp³-hybridized carbons (Fsp3) is 0.350. The molecule has 2 aromatic heterocycles. The van der Waals surface area contributed by atoms with Crippen LogP contribution in [0.4, 0.5) is 5.69 Å². The van der Waals surface area contributed by atoms with Gasteiger partial charge in [-0.15, -0.1) is 0 Å². The number of benzene rings is 1. The maximum absolute atomic E-state index is 9.67. The van der Waals surface area contributed by atoms with Crippen molar-refractivity contribution < 1.29 is 0 Å². The number of aromatic nitrogens is 4. The third-order valence-electron chi connectivity index (χ3n) is 5.37. The molecular formula is C20H21N7. The molecule has 3 aromatic rings. The number of rotatable bonds is 3. The lowest BCUT2D eigenvalue weighted by atomic mass is 10.1. The van der Waals surface area contributed by atoms with Crippen LogP contribution in [0.5, 0.6) is 0 Å². The first kappa shape index (κ1) is 16.1. The van der Waals surface area contributed by atoms with Crippen molar-refractivity contribution in [3.63, 3.8) is 0 Å². The first-order valence-corrected chi connectivity index (χ1v) is 9.44. The highest BCUT2D eigenvalue weighted by atomic mass is 15.3. The van der Waals surface area contributed by atoms with Crippen LogP contribution in [0.2, 0.25) is 0 Å². The van der Waals surface area contributed by atoms with Crippen molar-refractivity contribution in [1.29, 1.82) is 5.26 Å². The van der Waals surface area contributed by atoms with Crippen molar-refractivity contribution in [3.05, 3.63) is 47.9 Å². The van der Waals surface area contributed by atoms with Gasteiger partial charge in [-0.2, -0.15) is 10.4 Å². The van der Waals surface area contributed by atoms with E-state index in [1.165, 1.54) is 18.5 Å². The van der Waals surface area contributed by atoms with Gasteiger partial charge in [0.2, 0.25) is 0 Å². The number of nitrogens with zero attached hydrogens (tertiary/aromatic N) is 6. The Bertz CT molecular complexity index is 994. The number of fused-ring (bicyclic) bond motifs is 1. The van der Waals surface area contributed by atoms with E-state index in [2.05, 4.69) is 39.5 Å². The van der Waals surface area contributed by atoms with Gasteiger partial charge in [-0.25, -0.2) is 4.98 Å². The molecular weight excluding hydrogens is 338 g/mol. The van der Waals surface area contributed by atoms with E-state index >= 15 is 0 Å². The van der Waals surface area contributed by atoms with Crippen molar-refractivity contribution in [2.24, 2.45) is 0 Å². The van der Waals surface area contributed by atoms with Gasteiger partial charge in [0.15, 0.2) is 5.82 Å². The maximum atomic E-state index is 9.67. The zero-order valence-corrected chi connectivity index (χ0v) is 15.1. The van der Waals surface area contributed by atoms with Gasteiger partial charge in [-0.1, -0.05) is 0 Å². The molecule has 0 amide bonds. The minimum atomic E-state index is 0.711. The summed E-state index contributed by atoms with van der Waals surface area (Å²) >= 11 is 0. The number of nitriles is 1. The number of hydrogen-bond acceptors (Lipinski definition) is 5. The summed E-state index contributed by atoms with van der Waals surface area (Å²) in [6, 6.07) is 10.5. The molecule has 1 aromatic carbocycles. The molecule has 4 heterocycles. The lowest BCUT2D eigenvalue weighted by Crippen LogP contribution is -2.28. The van der Waals surface area contributed by atoms with Gasteiger partial charge in [-0.05, 0) is 37.1 Å². The van der Waals surface area contributed by atoms with Crippen molar-refractivity contribution in [2.45, 2.75) is 25.9 Å². The number of imidazole rings is 1. The highest BCUT2D eigenvalue weighted by molar-refractivity contribution is 5.65. The normalized spacial score (nSPS) is 16.3. The SMILES string of the molecule is N#Cc1cc(-n2ccnc2-c2cc3n(n2)CCNC3)ccc1N1CCCC1. The standard InChI is InChI=1S/C20H21N7/c21-13-15-11-16(3-4-19(15)25-7-1-2-8-25)26-9-6-23-20(26)18-12-17-14-22-5-10-27(17)24-18/h3-4,6,9,11-12,22H,1-2,5,7-8,10,14H2. The van der Waals surface area contributed by atoms with Gasteiger partial charge in [0.05, 0.1) is 23.5 Å². The van der Waals surface area contributed by atoms with Gasteiger partial charge in [0.25, 0.3) is 0 Å². The Balaban J connectivity index is 1.54.